The molecule has 6 nitrogen and oxygen atoms in total. The van der Waals surface area contributed by atoms with Gasteiger partial charge < -0.3 is 10.0 Å². The minimum absolute atomic E-state index is 0.525. The van der Waals surface area contributed by atoms with E-state index in [4.69, 9.17) is 10.0 Å². The summed E-state index contributed by atoms with van der Waals surface area (Å²) in [6.45, 7) is 0. The van der Waals surface area contributed by atoms with Crippen LogP contribution in [-0.4, -0.2) is 37.1 Å². The molecule has 0 saturated heterocycles. The molecule has 4 heterocycles. The lowest BCUT2D eigenvalue weighted by atomic mass is 9.81. The number of aromatic nitrogens is 4. The summed E-state index contributed by atoms with van der Waals surface area (Å²) in [5, 5.41) is 17.2. The van der Waals surface area contributed by atoms with E-state index in [-0.39, 0.29) is 0 Å². The molecule has 4 aromatic heterocycles. The fourth-order valence-electron chi connectivity index (χ4n) is 2.80. The first-order chi connectivity index (χ1) is 16.2. The van der Waals surface area contributed by atoms with Crippen LogP contribution in [0.3, 0.4) is 0 Å². The Bertz CT molecular complexity index is 1020. The quantitative estimate of drug-likeness (QED) is 0.421. The maximum Gasteiger partial charge on any atom is 0.488 e. The first-order valence-electron chi connectivity index (χ1n) is 10.3. The average molecular weight is 434 g/mol. The van der Waals surface area contributed by atoms with E-state index in [0.717, 1.165) is 0 Å². The number of pyridine rings is 4. The van der Waals surface area contributed by atoms with E-state index in [1.165, 1.54) is 22.3 Å². The Labute approximate surface area is 193 Å². The Morgan fingerprint density at radius 1 is 0.394 bits per heavy atom. The van der Waals surface area contributed by atoms with Gasteiger partial charge in [0.1, 0.15) is 0 Å². The molecule has 0 aliphatic heterocycles. The first kappa shape index (κ1) is 23.5. The molecule has 0 fully saturated rings. The molecule has 5 aromatic rings. The lowest BCUT2D eigenvalue weighted by molar-refractivity contribution is 0.426. The second kappa shape index (κ2) is 13.3. The Morgan fingerprint density at radius 3 is 0.879 bits per heavy atom. The molecule has 0 radical (unpaired) electrons. The van der Waals surface area contributed by atoms with Crippen LogP contribution >= 0.6 is 0 Å². The van der Waals surface area contributed by atoms with E-state index < -0.39 is 7.12 Å². The molecule has 0 bridgehead atoms. The van der Waals surface area contributed by atoms with Crippen LogP contribution in [0.15, 0.2) is 128 Å². The smallest absolute Gasteiger partial charge is 0.423 e. The van der Waals surface area contributed by atoms with Crippen LogP contribution in [0, 0.1) is 0 Å². The van der Waals surface area contributed by atoms with Crippen LogP contribution in [0.5, 0.6) is 0 Å². The molecule has 0 aliphatic carbocycles. The normalized spacial score (nSPS) is 9.52. The highest BCUT2D eigenvalue weighted by atomic mass is 16.4. The van der Waals surface area contributed by atoms with E-state index in [0.29, 0.717) is 5.46 Å². The second-order valence-electron chi connectivity index (χ2n) is 6.73. The zero-order valence-corrected chi connectivity index (χ0v) is 17.9. The van der Waals surface area contributed by atoms with Gasteiger partial charge in [-0.3, -0.25) is 19.9 Å². The largest absolute Gasteiger partial charge is 0.488 e. The second-order valence-corrected chi connectivity index (χ2v) is 6.73. The zero-order chi connectivity index (χ0) is 23.1. The van der Waals surface area contributed by atoms with Crippen molar-refractivity contribution >= 4 is 12.6 Å². The molecular formula is C26H23BN4O2. The van der Waals surface area contributed by atoms with E-state index >= 15 is 0 Å². The van der Waals surface area contributed by atoms with Crippen molar-refractivity contribution in [3.63, 3.8) is 0 Å². The van der Waals surface area contributed by atoms with Crippen LogP contribution in [0.1, 0.15) is 0 Å². The standard InChI is InChI=1S/2C10H8N2.C6H7BO2/c2*1-5-11-6-2-9(1)10-3-7-12-8-4-10;8-7(9)6-4-2-1-3-5-6/h2*1-8H;1-5,8-9H. The molecule has 0 saturated carbocycles. The molecule has 33 heavy (non-hydrogen) atoms. The van der Waals surface area contributed by atoms with Crippen LogP contribution in [0.2, 0.25) is 0 Å². The zero-order valence-electron chi connectivity index (χ0n) is 17.9. The number of benzene rings is 1. The lowest BCUT2D eigenvalue weighted by Crippen LogP contribution is -2.29. The van der Waals surface area contributed by atoms with Crippen molar-refractivity contribution in [2.45, 2.75) is 0 Å². The molecule has 7 heteroatoms. The third-order valence-corrected chi connectivity index (χ3v) is 4.49. The predicted octanol–water partition coefficient (Wildman–Crippen LogP) is 3.65. The van der Waals surface area contributed by atoms with E-state index in [2.05, 4.69) is 19.9 Å². The van der Waals surface area contributed by atoms with Crippen molar-refractivity contribution in [1.82, 2.24) is 19.9 Å². The summed E-state index contributed by atoms with van der Waals surface area (Å²) in [6.07, 6.45) is 14.3. The molecule has 0 unspecified atom stereocenters. The minimum atomic E-state index is -1.34. The molecule has 2 N–H and O–H groups in total. The van der Waals surface area contributed by atoms with Crippen molar-refractivity contribution in [1.29, 1.82) is 0 Å². The Balaban J connectivity index is 0.000000141. The summed E-state index contributed by atoms with van der Waals surface area (Å²) in [5.41, 5.74) is 5.22. The molecule has 1 aromatic carbocycles. The van der Waals surface area contributed by atoms with Crippen molar-refractivity contribution in [2.24, 2.45) is 0 Å². The monoisotopic (exact) mass is 434 g/mol. The van der Waals surface area contributed by atoms with Gasteiger partial charge in [0, 0.05) is 49.6 Å². The first-order valence-corrected chi connectivity index (χ1v) is 10.3. The molecule has 0 spiro atoms. The van der Waals surface area contributed by atoms with Crippen molar-refractivity contribution in [3.05, 3.63) is 128 Å². The van der Waals surface area contributed by atoms with Gasteiger partial charge in [0.15, 0.2) is 0 Å². The number of hydrogen-bond acceptors (Lipinski definition) is 6. The highest BCUT2D eigenvalue weighted by molar-refractivity contribution is 6.58. The van der Waals surface area contributed by atoms with Crippen LogP contribution in [-0.2, 0) is 0 Å². The van der Waals surface area contributed by atoms with Gasteiger partial charge in [0.05, 0.1) is 0 Å². The molecule has 5 rings (SSSR count). The fourth-order valence-corrected chi connectivity index (χ4v) is 2.80. The fraction of sp³-hybridized carbons (Fsp3) is 0. The lowest BCUT2D eigenvalue weighted by Gasteiger charge is -1.97. The van der Waals surface area contributed by atoms with Gasteiger partial charge in [0.25, 0.3) is 0 Å². The van der Waals surface area contributed by atoms with Gasteiger partial charge in [-0.2, -0.15) is 0 Å². The summed E-state index contributed by atoms with van der Waals surface area (Å²) in [7, 11) is -1.34. The van der Waals surface area contributed by atoms with Crippen molar-refractivity contribution < 1.29 is 10.0 Å². The third kappa shape index (κ3) is 8.10. The highest BCUT2D eigenvalue weighted by Gasteiger charge is 2.07. The third-order valence-electron chi connectivity index (χ3n) is 4.49. The average Bonchev–Trinajstić information content (AvgIpc) is 2.92. The van der Waals surface area contributed by atoms with Gasteiger partial charge in [-0.1, -0.05) is 30.3 Å². The molecular weight excluding hydrogens is 411 g/mol. The summed E-state index contributed by atoms with van der Waals surface area (Å²) >= 11 is 0. The SMILES string of the molecule is OB(O)c1ccccc1.c1cc(-c2ccncc2)ccn1.c1cc(-c2ccncc2)ccn1. The maximum absolute atomic E-state index is 8.58. The van der Waals surface area contributed by atoms with Crippen LogP contribution < -0.4 is 5.46 Å². The van der Waals surface area contributed by atoms with E-state index in [1.807, 2.05) is 54.6 Å². The molecule has 162 valence electrons. The predicted molar refractivity (Wildman–Crippen MR) is 131 cm³/mol. The van der Waals surface area contributed by atoms with Crippen molar-refractivity contribution in [3.8, 4) is 22.3 Å². The van der Waals surface area contributed by atoms with Gasteiger partial charge in [-0.05, 0) is 76.2 Å². The maximum atomic E-state index is 8.58. The van der Waals surface area contributed by atoms with Crippen molar-refractivity contribution in [2.75, 3.05) is 0 Å². The molecule has 0 amide bonds. The topological polar surface area (TPSA) is 92.0 Å². The van der Waals surface area contributed by atoms with Gasteiger partial charge >= 0.3 is 7.12 Å². The Kier molecular flexibility index (Phi) is 9.43. The summed E-state index contributed by atoms with van der Waals surface area (Å²) in [6, 6.07) is 24.5. The summed E-state index contributed by atoms with van der Waals surface area (Å²) in [5.74, 6) is 0. The number of nitrogens with zero attached hydrogens (tertiary/aromatic N) is 4. The Morgan fingerprint density at radius 2 is 0.667 bits per heavy atom. The van der Waals surface area contributed by atoms with E-state index in [9.17, 15) is 0 Å². The number of rotatable bonds is 3. The van der Waals surface area contributed by atoms with Crippen LogP contribution in [0.4, 0.5) is 0 Å². The van der Waals surface area contributed by atoms with Crippen LogP contribution in [0.25, 0.3) is 22.3 Å². The van der Waals surface area contributed by atoms with E-state index in [1.54, 1.807) is 73.8 Å². The summed E-state index contributed by atoms with van der Waals surface area (Å²) in [4.78, 5) is 15.8. The van der Waals surface area contributed by atoms with Gasteiger partial charge in [-0.25, -0.2) is 0 Å². The summed E-state index contributed by atoms with van der Waals surface area (Å²) < 4.78 is 0. The van der Waals surface area contributed by atoms with Gasteiger partial charge in [-0.15, -0.1) is 0 Å². The van der Waals surface area contributed by atoms with Gasteiger partial charge in [0.2, 0.25) is 0 Å². The minimum Gasteiger partial charge on any atom is -0.423 e. The highest BCUT2D eigenvalue weighted by Crippen LogP contribution is 2.16. The molecule has 0 atom stereocenters. The Hall–Kier alpha value is -4.20. The number of hydrogen-bond donors (Lipinski definition) is 2. The molecule has 0 aliphatic rings.